The number of guanidine groups is 1. The minimum atomic E-state index is -0.231. The van der Waals surface area contributed by atoms with E-state index in [-0.39, 0.29) is 36.0 Å². The summed E-state index contributed by atoms with van der Waals surface area (Å²) in [4.78, 5) is 21.0. The van der Waals surface area contributed by atoms with Crippen molar-refractivity contribution >= 4 is 35.8 Å². The Morgan fingerprint density at radius 1 is 1.29 bits per heavy atom. The number of carbonyl (C=O) groups is 1. The zero-order valence-corrected chi connectivity index (χ0v) is 19.3. The molecule has 0 aliphatic carbocycles. The molecule has 1 aromatic rings. The molecule has 0 saturated carbocycles. The number of aryl methyl sites for hydroxylation is 1. The lowest BCUT2D eigenvalue weighted by molar-refractivity contribution is -0.142. The van der Waals surface area contributed by atoms with Crippen molar-refractivity contribution in [3.63, 3.8) is 0 Å². The predicted octanol–water partition coefficient (Wildman–Crippen LogP) is 2.02. The van der Waals surface area contributed by atoms with Gasteiger partial charge >= 0.3 is 0 Å². The number of amides is 1. The van der Waals surface area contributed by atoms with Gasteiger partial charge in [0.1, 0.15) is 11.9 Å². The van der Waals surface area contributed by atoms with Gasteiger partial charge in [-0.2, -0.15) is 0 Å². The number of methoxy groups -OCH3 is 1. The summed E-state index contributed by atoms with van der Waals surface area (Å²) in [6, 6.07) is 6.21. The van der Waals surface area contributed by atoms with Gasteiger partial charge in [-0.05, 0) is 37.0 Å². The lowest BCUT2D eigenvalue weighted by atomic mass is 10.1. The molecule has 2 heterocycles. The average Bonchev–Trinajstić information content (AvgIpc) is 3.24. The molecule has 1 amide bonds. The van der Waals surface area contributed by atoms with Crippen molar-refractivity contribution in [1.82, 2.24) is 15.1 Å². The van der Waals surface area contributed by atoms with Crippen LogP contribution in [0.3, 0.4) is 0 Å². The quantitative estimate of drug-likeness (QED) is 0.388. The van der Waals surface area contributed by atoms with Crippen LogP contribution in [0.25, 0.3) is 0 Å². The highest BCUT2D eigenvalue weighted by Gasteiger charge is 2.30. The molecule has 2 saturated heterocycles. The van der Waals surface area contributed by atoms with Gasteiger partial charge in [-0.1, -0.05) is 12.1 Å². The molecule has 8 heteroatoms. The molecule has 0 spiro atoms. The van der Waals surface area contributed by atoms with Crippen LogP contribution in [0.5, 0.6) is 5.75 Å². The van der Waals surface area contributed by atoms with Gasteiger partial charge in [-0.15, -0.1) is 24.0 Å². The fourth-order valence-electron chi connectivity index (χ4n) is 3.60. The van der Waals surface area contributed by atoms with Gasteiger partial charge in [0.2, 0.25) is 0 Å². The maximum atomic E-state index is 12.5. The SMILES string of the molecule is CN=C(NCc1ccc(C)c(OC)c1)N1CCN(C(=O)C2CCCO2)CC1.I. The van der Waals surface area contributed by atoms with Gasteiger partial charge in [-0.3, -0.25) is 9.79 Å². The number of halogens is 1. The molecular formula is C20H31IN4O3. The van der Waals surface area contributed by atoms with Crippen LogP contribution in [-0.4, -0.2) is 74.7 Å². The third kappa shape index (κ3) is 5.50. The van der Waals surface area contributed by atoms with Crippen molar-refractivity contribution in [1.29, 1.82) is 0 Å². The monoisotopic (exact) mass is 502 g/mol. The predicted molar refractivity (Wildman–Crippen MR) is 120 cm³/mol. The highest BCUT2D eigenvalue weighted by Crippen LogP contribution is 2.19. The fourth-order valence-corrected chi connectivity index (χ4v) is 3.60. The lowest BCUT2D eigenvalue weighted by Gasteiger charge is -2.37. The topological polar surface area (TPSA) is 66.4 Å². The first kappa shape index (κ1) is 22.7. The van der Waals surface area contributed by atoms with E-state index >= 15 is 0 Å². The van der Waals surface area contributed by atoms with Crippen LogP contribution in [0.2, 0.25) is 0 Å². The number of piperazine rings is 1. The summed E-state index contributed by atoms with van der Waals surface area (Å²) in [5, 5.41) is 3.42. The second-order valence-electron chi connectivity index (χ2n) is 7.02. The van der Waals surface area contributed by atoms with Crippen LogP contribution in [0, 0.1) is 6.92 Å². The molecule has 3 rings (SSSR count). The molecule has 2 aliphatic rings. The van der Waals surface area contributed by atoms with E-state index in [1.807, 2.05) is 17.9 Å². The first-order valence-corrected chi connectivity index (χ1v) is 9.62. The van der Waals surface area contributed by atoms with Crippen molar-refractivity contribution in [2.45, 2.75) is 32.4 Å². The molecule has 28 heavy (non-hydrogen) atoms. The first-order valence-electron chi connectivity index (χ1n) is 9.62. The Balaban J connectivity index is 0.00000280. The van der Waals surface area contributed by atoms with Crippen molar-refractivity contribution < 1.29 is 14.3 Å². The molecule has 1 aromatic carbocycles. The van der Waals surface area contributed by atoms with Crippen LogP contribution in [0.4, 0.5) is 0 Å². The first-order chi connectivity index (χ1) is 13.1. The van der Waals surface area contributed by atoms with Gasteiger partial charge in [0.05, 0.1) is 7.11 Å². The molecule has 1 atom stereocenters. The smallest absolute Gasteiger partial charge is 0.251 e. The second-order valence-corrected chi connectivity index (χ2v) is 7.02. The van der Waals surface area contributed by atoms with E-state index < -0.39 is 0 Å². The van der Waals surface area contributed by atoms with E-state index in [2.05, 4.69) is 27.3 Å². The summed E-state index contributed by atoms with van der Waals surface area (Å²) in [5.74, 6) is 1.89. The Kier molecular flexibility index (Phi) is 8.81. The van der Waals surface area contributed by atoms with Crippen LogP contribution in [-0.2, 0) is 16.1 Å². The Hall–Kier alpha value is -1.55. The summed E-state index contributed by atoms with van der Waals surface area (Å²) in [6.07, 6.45) is 1.60. The number of carbonyl (C=O) groups excluding carboxylic acids is 1. The van der Waals surface area contributed by atoms with Crippen molar-refractivity contribution in [3.05, 3.63) is 29.3 Å². The number of ether oxygens (including phenoxy) is 2. The Labute approximate surface area is 184 Å². The van der Waals surface area contributed by atoms with Gasteiger partial charge in [0, 0.05) is 46.4 Å². The van der Waals surface area contributed by atoms with E-state index in [9.17, 15) is 4.79 Å². The number of hydrogen-bond donors (Lipinski definition) is 1. The molecule has 156 valence electrons. The standard InChI is InChI=1S/C20H30N4O3.HI/c1-15-6-7-16(13-18(15)26-3)14-22-20(21-2)24-10-8-23(9-11-24)19(25)17-5-4-12-27-17;/h6-7,13,17H,4-5,8-12,14H2,1-3H3,(H,21,22);1H. The molecule has 0 aromatic heterocycles. The van der Waals surface area contributed by atoms with Crippen LogP contribution < -0.4 is 10.1 Å². The zero-order chi connectivity index (χ0) is 19.2. The summed E-state index contributed by atoms with van der Waals surface area (Å²) >= 11 is 0. The molecule has 2 fully saturated rings. The maximum Gasteiger partial charge on any atom is 0.251 e. The molecule has 0 bridgehead atoms. The Morgan fingerprint density at radius 2 is 2.00 bits per heavy atom. The number of benzene rings is 1. The summed E-state index contributed by atoms with van der Waals surface area (Å²) in [6.45, 7) is 6.38. The number of rotatable bonds is 4. The van der Waals surface area contributed by atoms with E-state index in [1.165, 1.54) is 0 Å². The molecular weight excluding hydrogens is 471 g/mol. The lowest BCUT2D eigenvalue weighted by Crippen LogP contribution is -2.55. The number of hydrogen-bond acceptors (Lipinski definition) is 4. The maximum absolute atomic E-state index is 12.5. The zero-order valence-electron chi connectivity index (χ0n) is 16.9. The third-order valence-electron chi connectivity index (χ3n) is 5.23. The normalized spacial score (nSPS) is 20.0. The van der Waals surface area contributed by atoms with Gasteiger partial charge in [0.25, 0.3) is 5.91 Å². The molecule has 7 nitrogen and oxygen atoms in total. The minimum absolute atomic E-state index is 0. The van der Waals surface area contributed by atoms with E-state index in [1.54, 1.807) is 14.2 Å². The highest BCUT2D eigenvalue weighted by atomic mass is 127. The van der Waals surface area contributed by atoms with Crippen molar-refractivity contribution in [3.8, 4) is 5.75 Å². The summed E-state index contributed by atoms with van der Waals surface area (Å²) in [7, 11) is 3.48. The fraction of sp³-hybridized carbons (Fsp3) is 0.600. The molecule has 1 N–H and O–H groups in total. The van der Waals surface area contributed by atoms with E-state index in [4.69, 9.17) is 9.47 Å². The van der Waals surface area contributed by atoms with Gasteiger partial charge in [-0.25, -0.2) is 0 Å². The van der Waals surface area contributed by atoms with E-state index in [0.717, 1.165) is 48.8 Å². The molecule has 0 radical (unpaired) electrons. The average molecular weight is 502 g/mol. The summed E-state index contributed by atoms with van der Waals surface area (Å²) < 4.78 is 10.9. The number of nitrogens with one attached hydrogen (secondary N) is 1. The number of aliphatic imine (C=N–C) groups is 1. The van der Waals surface area contributed by atoms with Gasteiger partial charge in [0.15, 0.2) is 5.96 Å². The third-order valence-corrected chi connectivity index (χ3v) is 5.23. The molecule has 2 aliphatic heterocycles. The Morgan fingerprint density at radius 3 is 2.61 bits per heavy atom. The minimum Gasteiger partial charge on any atom is -0.496 e. The highest BCUT2D eigenvalue weighted by molar-refractivity contribution is 14.0. The van der Waals surface area contributed by atoms with Crippen LogP contribution >= 0.6 is 24.0 Å². The Bertz CT molecular complexity index is 684. The van der Waals surface area contributed by atoms with Crippen molar-refractivity contribution in [2.24, 2.45) is 4.99 Å². The van der Waals surface area contributed by atoms with Gasteiger partial charge < -0.3 is 24.6 Å². The summed E-state index contributed by atoms with van der Waals surface area (Å²) in [5.41, 5.74) is 2.27. The molecule has 1 unspecified atom stereocenters. The largest absolute Gasteiger partial charge is 0.496 e. The van der Waals surface area contributed by atoms with Crippen LogP contribution in [0.1, 0.15) is 24.0 Å². The van der Waals surface area contributed by atoms with Crippen molar-refractivity contribution in [2.75, 3.05) is 46.9 Å². The van der Waals surface area contributed by atoms with E-state index in [0.29, 0.717) is 26.2 Å². The van der Waals surface area contributed by atoms with Crippen LogP contribution in [0.15, 0.2) is 23.2 Å². The number of nitrogens with zero attached hydrogens (tertiary/aromatic N) is 3. The second kappa shape index (κ2) is 10.8.